The van der Waals surface area contributed by atoms with E-state index in [0.29, 0.717) is 12.5 Å². The SMILES string of the molecule is CN=C(NCCN1CCN(c2ncccn2)CC1)NCc1cc(C(C)C)no1.I. The quantitative estimate of drug-likeness (QED) is 0.328. The summed E-state index contributed by atoms with van der Waals surface area (Å²) in [6, 6.07) is 3.83. The van der Waals surface area contributed by atoms with Crippen molar-refractivity contribution in [3.05, 3.63) is 36.0 Å². The fourth-order valence-electron chi connectivity index (χ4n) is 3.03. The van der Waals surface area contributed by atoms with Crippen molar-refractivity contribution in [2.24, 2.45) is 4.99 Å². The van der Waals surface area contributed by atoms with Gasteiger partial charge >= 0.3 is 0 Å². The molecule has 0 bridgehead atoms. The Morgan fingerprint density at radius 1 is 1.17 bits per heavy atom. The fraction of sp³-hybridized carbons (Fsp3) is 0.579. The Morgan fingerprint density at radius 3 is 2.52 bits per heavy atom. The van der Waals surface area contributed by atoms with Crippen LogP contribution in [0, 0.1) is 0 Å². The summed E-state index contributed by atoms with van der Waals surface area (Å²) in [5.41, 5.74) is 0.972. The second-order valence-electron chi connectivity index (χ2n) is 7.10. The van der Waals surface area contributed by atoms with Gasteiger partial charge in [-0.15, -0.1) is 24.0 Å². The summed E-state index contributed by atoms with van der Waals surface area (Å²) in [6.07, 6.45) is 3.58. The molecule has 3 heterocycles. The Balaban J connectivity index is 0.00000300. The predicted octanol–water partition coefficient (Wildman–Crippen LogP) is 1.69. The van der Waals surface area contributed by atoms with Crippen LogP contribution in [0.1, 0.15) is 31.2 Å². The van der Waals surface area contributed by atoms with Gasteiger partial charge in [-0.3, -0.25) is 9.89 Å². The Hall–Kier alpha value is -1.95. The van der Waals surface area contributed by atoms with Gasteiger partial charge < -0.3 is 20.1 Å². The van der Waals surface area contributed by atoms with Crippen molar-refractivity contribution in [1.82, 2.24) is 30.7 Å². The van der Waals surface area contributed by atoms with E-state index in [-0.39, 0.29) is 24.0 Å². The highest BCUT2D eigenvalue weighted by Gasteiger charge is 2.18. The Kier molecular flexibility index (Phi) is 9.58. The van der Waals surface area contributed by atoms with Crippen LogP contribution in [0.25, 0.3) is 0 Å². The summed E-state index contributed by atoms with van der Waals surface area (Å²) in [5, 5.41) is 10.7. The first-order valence-corrected chi connectivity index (χ1v) is 9.80. The van der Waals surface area contributed by atoms with Crippen molar-refractivity contribution in [3.8, 4) is 0 Å². The van der Waals surface area contributed by atoms with Crippen LogP contribution in [0.2, 0.25) is 0 Å². The summed E-state index contributed by atoms with van der Waals surface area (Å²) >= 11 is 0. The van der Waals surface area contributed by atoms with Gasteiger partial charge in [0.05, 0.1) is 12.2 Å². The lowest BCUT2D eigenvalue weighted by molar-refractivity contribution is 0.260. The molecule has 0 aromatic carbocycles. The van der Waals surface area contributed by atoms with Gasteiger partial charge in [-0.25, -0.2) is 9.97 Å². The Bertz CT molecular complexity index is 744. The monoisotopic (exact) mass is 514 g/mol. The predicted molar refractivity (Wildman–Crippen MR) is 125 cm³/mol. The number of halogens is 1. The third-order valence-corrected chi connectivity index (χ3v) is 4.75. The molecule has 2 aromatic rings. The number of hydrogen-bond acceptors (Lipinski definition) is 7. The summed E-state index contributed by atoms with van der Waals surface area (Å²) in [5.74, 6) is 2.76. The lowest BCUT2D eigenvalue weighted by atomic mass is 10.1. The van der Waals surface area contributed by atoms with Crippen molar-refractivity contribution < 1.29 is 4.52 Å². The van der Waals surface area contributed by atoms with Crippen molar-refractivity contribution in [3.63, 3.8) is 0 Å². The largest absolute Gasteiger partial charge is 0.359 e. The summed E-state index contributed by atoms with van der Waals surface area (Å²) in [6.45, 7) is 10.4. The number of aliphatic imine (C=N–C) groups is 1. The molecule has 3 rings (SSSR count). The molecule has 0 spiro atoms. The van der Waals surface area contributed by atoms with Crippen LogP contribution in [0.3, 0.4) is 0 Å². The Labute approximate surface area is 189 Å². The van der Waals surface area contributed by atoms with Crippen LogP contribution in [0.4, 0.5) is 5.95 Å². The molecule has 1 aliphatic heterocycles. The zero-order chi connectivity index (χ0) is 19.8. The molecule has 1 fully saturated rings. The van der Waals surface area contributed by atoms with Gasteiger partial charge in [0.25, 0.3) is 0 Å². The minimum atomic E-state index is 0. The van der Waals surface area contributed by atoms with Crippen molar-refractivity contribution >= 4 is 35.9 Å². The molecule has 0 radical (unpaired) electrons. The molecule has 0 aliphatic carbocycles. The highest BCUT2D eigenvalue weighted by molar-refractivity contribution is 14.0. The maximum Gasteiger partial charge on any atom is 0.225 e. The first-order valence-electron chi connectivity index (χ1n) is 9.80. The van der Waals surface area contributed by atoms with Crippen molar-refractivity contribution in [2.45, 2.75) is 26.3 Å². The Morgan fingerprint density at radius 2 is 1.90 bits per heavy atom. The average molecular weight is 514 g/mol. The lowest BCUT2D eigenvalue weighted by Crippen LogP contribution is -2.49. The van der Waals surface area contributed by atoms with E-state index in [2.05, 4.69) is 54.4 Å². The number of hydrogen-bond donors (Lipinski definition) is 2. The topological polar surface area (TPSA) is 94.7 Å². The van der Waals surface area contributed by atoms with E-state index in [1.165, 1.54) is 0 Å². The molecule has 29 heavy (non-hydrogen) atoms. The molecular weight excluding hydrogens is 483 g/mol. The molecule has 1 aliphatic rings. The van der Waals surface area contributed by atoms with Crippen LogP contribution in [0.15, 0.2) is 34.0 Å². The second kappa shape index (κ2) is 11.9. The van der Waals surface area contributed by atoms with Crippen molar-refractivity contribution in [1.29, 1.82) is 0 Å². The smallest absolute Gasteiger partial charge is 0.225 e. The number of nitrogens with one attached hydrogen (secondary N) is 2. The van der Waals surface area contributed by atoms with E-state index < -0.39 is 0 Å². The number of piperazine rings is 1. The van der Waals surface area contributed by atoms with Crippen LogP contribution in [-0.4, -0.2) is 72.3 Å². The van der Waals surface area contributed by atoms with Gasteiger partial charge in [-0.05, 0) is 12.0 Å². The van der Waals surface area contributed by atoms with Crippen LogP contribution in [0.5, 0.6) is 0 Å². The summed E-state index contributed by atoms with van der Waals surface area (Å²) in [7, 11) is 1.77. The standard InChI is InChI=1S/C19H30N8O.HI/c1-15(2)17-13-16(28-25-17)14-24-18(20-3)21-7-8-26-9-11-27(12-10-26)19-22-5-4-6-23-19;/h4-6,13,15H,7-12,14H2,1-3H3,(H2,20,21,24);1H. The molecule has 0 amide bonds. The van der Waals surface area contributed by atoms with Gasteiger partial charge in [0.1, 0.15) is 0 Å². The first kappa shape index (κ1) is 23.3. The van der Waals surface area contributed by atoms with E-state index in [1.807, 2.05) is 12.1 Å². The molecule has 0 unspecified atom stereocenters. The summed E-state index contributed by atoms with van der Waals surface area (Å²) < 4.78 is 5.35. The first-order chi connectivity index (χ1) is 13.7. The van der Waals surface area contributed by atoms with Gasteiger partial charge in [-0.2, -0.15) is 0 Å². The van der Waals surface area contributed by atoms with Gasteiger partial charge in [0.2, 0.25) is 5.95 Å². The number of nitrogens with zero attached hydrogens (tertiary/aromatic N) is 6. The summed E-state index contributed by atoms with van der Waals surface area (Å²) in [4.78, 5) is 17.6. The highest BCUT2D eigenvalue weighted by Crippen LogP contribution is 2.13. The molecule has 9 nitrogen and oxygen atoms in total. The normalized spacial score (nSPS) is 15.3. The molecular formula is C19H31IN8O. The molecule has 2 aromatic heterocycles. The van der Waals surface area contributed by atoms with E-state index in [4.69, 9.17) is 4.52 Å². The van der Waals surface area contributed by atoms with E-state index in [1.54, 1.807) is 19.4 Å². The van der Waals surface area contributed by atoms with Crippen LogP contribution >= 0.6 is 24.0 Å². The van der Waals surface area contributed by atoms with Gasteiger partial charge in [0.15, 0.2) is 11.7 Å². The second-order valence-corrected chi connectivity index (χ2v) is 7.10. The minimum Gasteiger partial charge on any atom is -0.359 e. The van der Waals surface area contributed by atoms with E-state index in [9.17, 15) is 0 Å². The zero-order valence-electron chi connectivity index (χ0n) is 17.3. The molecule has 10 heteroatoms. The van der Waals surface area contributed by atoms with Crippen molar-refractivity contribution in [2.75, 3.05) is 51.2 Å². The van der Waals surface area contributed by atoms with E-state index in [0.717, 1.165) is 62.6 Å². The average Bonchev–Trinajstić information content (AvgIpc) is 3.21. The lowest BCUT2D eigenvalue weighted by Gasteiger charge is -2.34. The van der Waals surface area contributed by atoms with E-state index >= 15 is 0 Å². The maximum atomic E-state index is 5.35. The molecule has 160 valence electrons. The number of guanidine groups is 1. The third kappa shape index (κ3) is 7.11. The molecule has 0 saturated carbocycles. The third-order valence-electron chi connectivity index (χ3n) is 4.75. The van der Waals surface area contributed by atoms with Gasteiger partial charge in [-0.1, -0.05) is 19.0 Å². The molecule has 0 atom stereocenters. The number of aromatic nitrogens is 3. The minimum absolute atomic E-state index is 0. The van der Waals surface area contributed by atoms with Gasteiger partial charge in [0, 0.05) is 64.8 Å². The fourth-order valence-corrected chi connectivity index (χ4v) is 3.03. The number of rotatable bonds is 7. The van der Waals surface area contributed by atoms with Crippen LogP contribution in [-0.2, 0) is 6.54 Å². The number of anilines is 1. The molecule has 2 N–H and O–H groups in total. The van der Waals surface area contributed by atoms with Crippen LogP contribution < -0.4 is 15.5 Å². The molecule has 1 saturated heterocycles. The zero-order valence-corrected chi connectivity index (χ0v) is 19.7. The maximum absolute atomic E-state index is 5.35. The highest BCUT2D eigenvalue weighted by atomic mass is 127.